The molecule has 0 aromatic carbocycles. The Hall–Kier alpha value is -1.34. The second-order valence-corrected chi connectivity index (χ2v) is 13.0. The lowest BCUT2D eigenvalue weighted by Crippen LogP contribution is -2.52. The first kappa shape index (κ1) is 22.5. The van der Waals surface area contributed by atoms with Gasteiger partial charge in [-0.25, -0.2) is 0 Å². The minimum Gasteiger partial charge on any atom is -0.390 e. The number of aliphatic hydroxyl groups is 1. The van der Waals surface area contributed by atoms with Crippen molar-refractivity contribution in [2.45, 2.75) is 104 Å². The zero-order valence-corrected chi connectivity index (χ0v) is 20.7. The van der Waals surface area contributed by atoms with Crippen LogP contribution >= 0.6 is 0 Å². The van der Waals surface area contributed by atoms with Crippen LogP contribution in [-0.2, 0) is 6.54 Å². The molecule has 0 unspecified atom stereocenters. The SMILES string of the molecule is C[C@@H](Cn1cc(C#N)cn1)[C@H]1CC[C@H]2[C@@H]3CC[C@H]4CC[C@](C)(O)CC[C@]4(C)[C@H]3CC[C@]12C. The molecule has 1 aromatic heterocycles. The smallest absolute Gasteiger partial charge is 0.102 e. The van der Waals surface area contributed by atoms with E-state index in [1.165, 1.54) is 51.4 Å². The largest absolute Gasteiger partial charge is 0.390 e. The van der Waals surface area contributed by atoms with Crippen molar-refractivity contribution in [3.8, 4) is 6.07 Å². The Balaban J connectivity index is 1.34. The van der Waals surface area contributed by atoms with Gasteiger partial charge in [-0.2, -0.15) is 10.4 Å². The third-order valence-corrected chi connectivity index (χ3v) is 11.3. The van der Waals surface area contributed by atoms with Crippen molar-refractivity contribution < 1.29 is 5.11 Å². The molecule has 32 heavy (non-hydrogen) atoms. The minimum atomic E-state index is -0.454. The van der Waals surface area contributed by atoms with Gasteiger partial charge in [-0.05, 0) is 117 Å². The summed E-state index contributed by atoms with van der Waals surface area (Å²) < 4.78 is 2.00. The predicted molar refractivity (Wildman–Crippen MR) is 127 cm³/mol. The van der Waals surface area contributed by atoms with Crippen molar-refractivity contribution in [3.63, 3.8) is 0 Å². The monoisotopic (exact) mass is 437 g/mol. The average Bonchev–Trinajstić information content (AvgIpc) is 3.32. The molecule has 0 saturated heterocycles. The summed E-state index contributed by atoms with van der Waals surface area (Å²) >= 11 is 0. The highest BCUT2D eigenvalue weighted by Gasteiger charge is 2.60. The Kier molecular flexibility index (Phi) is 5.52. The third-order valence-electron chi connectivity index (χ3n) is 11.3. The first-order valence-electron chi connectivity index (χ1n) is 13.3. The van der Waals surface area contributed by atoms with E-state index >= 15 is 0 Å². The van der Waals surface area contributed by atoms with Crippen LogP contribution in [0.25, 0.3) is 0 Å². The van der Waals surface area contributed by atoms with Gasteiger partial charge in [0.25, 0.3) is 0 Å². The quantitative estimate of drug-likeness (QED) is 0.613. The van der Waals surface area contributed by atoms with Crippen LogP contribution in [0.15, 0.2) is 12.4 Å². The number of hydrogen-bond acceptors (Lipinski definition) is 3. The van der Waals surface area contributed by atoms with Gasteiger partial charge in [0.05, 0.1) is 17.4 Å². The molecule has 5 rings (SSSR count). The van der Waals surface area contributed by atoms with E-state index in [0.717, 1.165) is 49.0 Å². The summed E-state index contributed by atoms with van der Waals surface area (Å²) in [4.78, 5) is 0. The van der Waals surface area contributed by atoms with E-state index in [4.69, 9.17) is 5.26 Å². The molecule has 4 saturated carbocycles. The number of fused-ring (bicyclic) bond motifs is 5. The van der Waals surface area contributed by atoms with Gasteiger partial charge in [-0.1, -0.05) is 20.8 Å². The fourth-order valence-electron chi connectivity index (χ4n) is 9.47. The van der Waals surface area contributed by atoms with Crippen LogP contribution < -0.4 is 0 Å². The zero-order chi connectivity index (χ0) is 22.7. The Labute approximate surface area is 194 Å². The molecule has 4 heteroatoms. The third kappa shape index (κ3) is 3.54. The lowest BCUT2D eigenvalue weighted by Gasteiger charge is -2.59. The molecule has 0 amide bonds. The molecular weight excluding hydrogens is 394 g/mol. The summed E-state index contributed by atoms with van der Waals surface area (Å²) in [5.74, 6) is 4.75. The predicted octanol–water partition coefficient (Wildman–Crippen LogP) is 6.19. The van der Waals surface area contributed by atoms with E-state index in [-0.39, 0.29) is 0 Å². The molecule has 0 bridgehead atoms. The van der Waals surface area contributed by atoms with Crippen molar-refractivity contribution in [2.75, 3.05) is 0 Å². The normalized spacial score (nSPS) is 46.9. The summed E-state index contributed by atoms with van der Waals surface area (Å²) in [6, 6.07) is 2.21. The van der Waals surface area contributed by atoms with Gasteiger partial charge in [0.1, 0.15) is 6.07 Å². The molecule has 9 atom stereocenters. The molecule has 4 aliphatic rings. The lowest BCUT2D eigenvalue weighted by atomic mass is 9.46. The Morgan fingerprint density at radius 3 is 2.56 bits per heavy atom. The highest BCUT2D eigenvalue weighted by molar-refractivity contribution is 5.21. The first-order chi connectivity index (χ1) is 15.2. The van der Waals surface area contributed by atoms with Gasteiger partial charge in [0, 0.05) is 12.7 Å². The van der Waals surface area contributed by atoms with Crippen LogP contribution in [0, 0.1) is 57.7 Å². The first-order valence-corrected chi connectivity index (χ1v) is 13.3. The van der Waals surface area contributed by atoms with Crippen molar-refractivity contribution in [1.29, 1.82) is 5.26 Å². The fourth-order valence-corrected chi connectivity index (χ4v) is 9.47. The molecule has 1 N–H and O–H groups in total. The van der Waals surface area contributed by atoms with Gasteiger partial charge in [-0.15, -0.1) is 0 Å². The Morgan fingerprint density at radius 2 is 1.81 bits per heavy atom. The van der Waals surface area contributed by atoms with Crippen LogP contribution in [0.2, 0.25) is 0 Å². The number of hydrogen-bond donors (Lipinski definition) is 1. The topological polar surface area (TPSA) is 61.8 Å². The van der Waals surface area contributed by atoms with Crippen LogP contribution in [0.4, 0.5) is 0 Å². The van der Waals surface area contributed by atoms with E-state index in [9.17, 15) is 5.11 Å². The maximum atomic E-state index is 10.8. The molecule has 1 aromatic rings. The molecule has 0 radical (unpaired) electrons. The van der Waals surface area contributed by atoms with Crippen LogP contribution in [0.1, 0.15) is 97.5 Å². The summed E-state index contributed by atoms with van der Waals surface area (Å²) in [5.41, 5.74) is 1.09. The Morgan fingerprint density at radius 1 is 1.03 bits per heavy atom. The number of nitrogens with zero attached hydrogens (tertiary/aromatic N) is 3. The summed E-state index contributed by atoms with van der Waals surface area (Å²) in [5, 5.41) is 24.4. The number of nitriles is 1. The van der Waals surface area contributed by atoms with Crippen molar-refractivity contribution >= 4 is 0 Å². The second-order valence-electron chi connectivity index (χ2n) is 13.0. The van der Waals surface area contributed by atoms with Crippen LogP contribution in [0.3, 0.4) is 0 Å². The van der Waals surface area contributed by atoms with E-state index in [1.807, 2.05) is 10.9 Å². The number of aromatic nitrogens is 2. The van der Waals surface area contributed by atoms with Crippen molar-refractivity contribution in [2.24, 2.45) is 46.3 Å². The summed E-state index contributed by atoms with van der Waals surface area (Å²) in [6.07, 6.45) is 16.3. The average molecular weight is 438 g/mol. The standard InChI is InChI=1S/C28H43N3O/c1-19(17-31-18-20(15-29)16-30-31)23-7-8-24-22-6-5-21-9-11-26(2,32)13-14-27(21,3)25(22)10-12-28(23,24)4/h16,18-19,21-25,32H,5-14,17H2,1-4H3/t19-,21-,22-,23+,24-,25-,26-,27-,28+/m0/s1. The van der Waals surface area contributed by atoms with E-state index < -0.39 is 5.60 Å². The van der Waals surface area contributed by atoms with Gasteiger partial charge < -0.3 is 5.11 Å². The Bertz CT molecular complexity index is 883. The van der Waals surface area contributed by atoms with Gasteiger partial charge in [-0.3, -0.25) is 4.68 Å². The molecule has 4 nitrogen and oxygen atoms in total. The summed E-state index contributed by atoms with van der Waals surface area (Å²) in [6.45, 7) is 10.7. The molecule has 4 fully saturated rings. The van der Waals surface area contributed by atoms with Gasteiger partial charge >= 0.3 is 0 Å². The zero-order valence-electron chi connectivity index (χ0n) is 20.7. The molecule has 4 aliphatic carbocycles. The highest BCUT2D eigenvalue weighted by Crippen LogP contribution is 2.68. The minimum absolute atomic E-state index is 0.428. The number of rotatable bonds is 3. The van der Waals surface area contributed by atoms with Crippen LogP contribution in [0.5, 0.6) is 0 Å². The van der Waals surface area contributed by atoms with Gasteiger partial charge in [0.2, 0.25) is 0 Å². The highest BCUT2D eigenvalue weighted by atomic mass is 16.3. The lowest BCUT2D eigenvalue weighted by molar-refractivity contribution is -0.104. The maximum Gasteiger partial charge on any atom is 0.102 e. The van der Waals surface area contributed by atoms with E-state index in [1.54, 1.807) is 6.20 Å². The van der Waals surface area contributed by atoms with Crippen molar-refractivity contribution in [3.05, 3.63) is 18.0 Å². The fraction of sp³-hybridized carbons (Fsp3) is 0.857. The molecular formula is C28H43N3O. The molecule has 176 valence electrons. The maximum absolute atomic E-state index is 10.8. The van der Waals surface area contributed by atoms with Crippen LogP contribution in [-0.4, -0.2) is 20.5 Å². The molecule has 1 heterocycles. The summed E-state index contributed by atoms with van der Waals surface area (Å²) in [7, 11) is 0. The second kappa shape index (κ2) is 7.86. The van der Waals surface area contributed by atoms with E-state index in [2.05, 4.69) is 38.9 Å². The molecule has 0 aliphatic heterocycles. The molecule has 0 spiro atoms. The van der Waals surface area contributed by atoms with E-state index in [0.29, 0.717) is 22.3 Å². The van der Waals surface area contributed by atoms with Gasteiger partial charge in [0.15, 0.2) is 0 Å². The van der Waals surface area contributed by atoms with Crippen molar-refractivity contribution in [1.82, 2.24) is 9.78 Å².